The van der Waals surface area contributed by atoms with Gasteiger partial charge in [0.25, 0.3) is 0 Å². The fourth-order valence-corrected chi connectivity index (χ4v) is 5.65. The molecule has 7 atom stereocenters. The first-order chi connectivity index (χ1) is 10.8. The first-order valence-electron chi connectivity index (χ1n) is 8.03. The van der Waals surface area contributed by atoms with Gasteiger partial charge in [-0.2, -0.15) is 0 Å². The average molecular weight is 366 g/mol. The molecule has 0 saturated carbocycles. The normalized spacial score (nSPS) is 40.3. The van der Waals surface area contributed by atoms with E-state index in [1.807, 2.05) is 22.6 Å². The Balaban J connectivity index is 1.83. The summed E-state index contributed by atoms with van der Waals surface area (Å²) in [6.45, 7) is -1.06. The summed E-state index contributed by atoms with van der Waals surface area (Å²) >= 11 is 0.803. The van der Waals surface area contributed by atoms with Gasteiger partial charge in [-0.1, -0.05) is 0 Å². The third kappa shape index (κ3) is 6.04. The zero-order valence-electron chi connectivity index (χ0n) is 13.8. The summed E-state index contributed by atoms with van der Waals surface area (Å²) < 4.78 is 34.3. The molecule has 0 aliphatic carbocycles. The smallest absolute Gasteiger partial charge is 0.387 e. The molecule has 2 aliphatic heterocycles. The Labute approximate surface area is 142 Å². The van der Waals surface area contributed by atoms with E-state index in [1.165, 1.54) is 0 Å². The maximum Gasteiger partial charge on any atom is 0.387 e. The highest BCUT2D eigenvalue weighted by atomic mass is 32.7. The van der Waals surface area contributed by atoms with Crippen LogP contribution in [0.25, 0.3) is 0 Å². The lowest BCUT2D eigenvalue weighted by atomic mass is 9.96. The summed E-state index contributed by atoms with van der Waals surface area (Å²) in [5.41, 5.74) is 0. The van der Waals surface area contributed by atoms with Gasteiger partial charge in [-0.15, -0.1) is 0 Å². The molecule has 132 valence electrons. The molecule has 2 saturated heterocycles. The monoisotopic (exact) mass is 366 g/mol. The Morgan fingerprint density at radius 1 is 1.26 bits per heavy atom. The van der Waals surface area contributed by atoms with Crippen LogP contribution in [-0.2, 0) is 23.3 Å². The van der Waals surface area contributed by atoms with Crippen molar-refractivity contribution in [1.82, 2.24) is 0 Å². The molecule has 0 spiro atoms. The summed E-state index contributed by atoms with van der Waals surface area (Å²) in [5, 5.41) is 9.83. The number of ether oxygens (including phenoxy) is 3. The Morgan fingerprint density at radius 2 is 1.91 bits per heavy atom. The van der Waals surface area contributed by atoms with Crippen LogP contribution >= 0.6 is 18.2 Å². The summed E-state index contributed by atoms with van der Waals surface area (Å²) in [7, 11) is 3.78. The van der Waals surface area contributed by atoms with Crippen molar-refractivity contribution in [3.05, 3.63) is 0 Å². The van der Waals surface area contributed by atoms with E-state index in [4.69, 9.17) is 18.7 Å². The second-order valence-electron chi connectivity index (χ2n) is 6.08. The lowest BCUT2D eigenvalue weighted by Crippen LogP contribution is -2.28. The van der Waals surface area contributed by atoms with Crippen LogP contribution in [0.2, 0.25) is 0 Å². The molecule has 2 fully saturated rings. The van der Waals surface area contributed by atoms with E-state index in [-0.39, 0.29) is 23.9 Å². The van der Waals surface area contributed by atoms with E-state index in [0.29, 0.717) is 26.1 Å². The van der Waals surface area contributed by atoms with Crippen LogP contribution in [0.3, 0.4) is 0 Å². The lowest BCUT2D eigenvalue weighted by molar-refractivity contribution is -0.0222. The molecule has 3 unspecified atom stereocenters. The Morgan fingerprint density at radius 3 is 2.52 bits per heavy atom. The third-order valence-electron chi connectivity index (χ3n) is 3.95. The maximum absolute atomic E-state index is 12.3. The average Bonchev–Trinajstić information content (AvgIpc) is 2.95. The number of aliphatic hydroxyl groups is 1. The number of aliphatic hydroxyl groups excluding tert-OH is 1. The largest absolute Gasteiger partial charge is 0.390 e. The van der Waals surface area contributed by atoms with Gasteiger partial charge in [-0.3, -0.25) is 4.52 Å². The van der Waals surface area contributed by atoms with Gasteiger partial charge in [0.15, 0.2) is 0 Å². The Kier molecular flexibility index (Phi) is 7.50. The fourth-order valence-electron chi connectivity index (χ4n) is 2.87. The number of hydrogen-bond acceptors (Lipinski definition) is 7. The molecule has 0 radical (unpaired) electrons. The van der Waals surface area contributed by atoms with Crippen molar-refractivity contribution in [3.63, 3.8) is 0 Å². The minimum atomic E-state index is -3.85. The molecule has 7 nitrogen and oxygen atoms in total. The molecule has 0 bridgehead atoms. The summed E-state index contributed by atoms with van der Waals surface area (Å²) in [5.74, 6) is 0.221. The van der Waals surface area contributed by atoms with Gasteiger partial charge in [0, 0.05) is 24.4 Å². The Bertz CT molecular complexity index is 432. The first-order valence-corrected chi connectivity index (χ1v) is 11.2. The molecule has 0 aromatic heterocycles. The van der Waals surface area contributed by atoms with Crippen molar-refractivity contribution < 1.29 is 33.3 Å². The van der Waals surface area contributed by atoms with E-state index < -0.39 is 25.1 Å². The maximum atomic E-state index is 12.3. The number of rotatable bonds is 8. The van der Waals surface area contributed by atoms with Crippen molar-refractivity contribution in [2.24, 2.45) is 0 Å². The summed E-state index contributed by atoms with van der Waals surface area (Å²) in [6.07, 6.45) is -0.725. The minimum Gasteiger partial charge on any atom is -0.390 e. The fraction of sp³-hybridized carbons (Fsp3) is 1.00. The van der Waals surface area contributed by atoms with Crippen molar-refractivity contribution in [2.75, 3.05) is 19.0 Å². The van der Waals surface area contributed by atoms with E-state index in [1.54, 1.807) is 0 Å². The van der Waals surface area contributed by atoms with Gasteiger partial charge < -0.3 is 24.2 Å². The second kappa shape index (κ2) is 8.72. The minimum absolute atomic E-state index is 0.0312. The van der Waals surface area contributed by atoms with Crippen molar-refractivity contribution in [1.29, 1.82) is 0 Å². The first kappa shape index (κ1) is 19.8. The highest BCUT2D eigenvalue weighted by molar-refractivity contribution is 8.54. The van der Waals surface area contributed by atoms with Crippen LogP contribution in [0.5, 0.6) is 0 Å². The third-order valence-corrected chi connectivity index (χ3v) is 6.98. The quantitative estimate of drug-likeness (QED) is 0.422. The van der Waals surface area contributed by atoms with Crippen LogP contribution < -0.4 is 0 Å². The predicted molar refractivity (Wildman–Crippen MR) is 93.3 cm³/mol. The topological polar surface area (TPSA) is 94.5 Å². The van der Waals surface area contributed by atoms with Gasteiger partial charge in [0.2, 0.25) is 0 Å². The highest BCUT2D eigenvalue weighted by Crippen LogP contribution is 2.58. The molecule has 2 aliphatic rings. The summed E-state index contributed by atoms with van der Waals surface area (Å²) in [4.78, 5) is 10.1. The highest BCUT2D eigenvalue weighted by Gasteiger charge is 2.40. The molecular weight excluding hydrogens is 341 g/mol. The molecule has 0 aromatic rings. The summed E-state index contributed by atoms with van der Waals surface area (Å²) in [6, 6.07) is -0.0643. The molecule has 11 heteroatoms. The van der Waals surface area contributed by atoms with Crippen LogP contribution in [0.15, 0.2) is 0 Å². The molecular formula is C12H25B2O7PS. The van der Waals surface area contributed by atoms with Gasteiger partial charge in [0.1, 0.15) is 21.8 Å². The SMILES string of the molecule is B[C@H]1CC(O)[C@@H](CSP(=O)(O)OC2C[C@H](B)O[C@@H]2COCC)O1. The van der Waals surface area contributed by atoms with Gasteiger partial charge in [-0.25, -0.2) is 4.57 Å². The van der Waals surface area contributed by atoms with E-state index in [2.05, 4.69) is 0 Å². The van der Waals surface area contributed by atoms with Gasteiger partial charge >= 0.3 is 6.80 Å². The molecule has 2 rings (SSSR count). The van der Waals surface area contributed by atoms with Crippen LogP contribution in [0.1, 0.15) is 19.8 Å². The Hall–Kier alpha value is 0.470. The number of hydrogen-bond donors (Lipinski definition) is 2. The van der Waals surface area contributed by atoms with E-state index >= 15 is 0 Å². The molecule has 0 amide bonds. The standard InChI is InChI=1S/C12H25B2O7PS/c1-2-18-5-9-8(4-12(14)19-9)21-22(16,17)23-6-10-7(15)3-11(13)20-10/h7-12,15H,2-6,13-14H2,1H3,(H,16,17)/t7?,8?,9-,10-,11-,12-/m1/s1. The van der Waals surface area contributed by atoms with Gasteiger partial charge in [-0.05, 0) is 31.1 Å². The molecule has 2 N–H and O–H groups in total. The zero-order valence-corrected chi connectivity index (χ0v) is 15.5. The lowest BCUT2D eigenvalue weighted by Gasteiger charge is -2.22. The van der Waals surface area contributed by atoms with Crippen LogP contribution in [0, 0.1) is 0 Å². The van der Waals surface area contributed by atoms with Crippen molar-refractivity contribution >= 4 is 33.9 Å². The van der Waals surface area contributed by atoms with Crippen LogP contribution in [0.4, 0.5) is 0 Å². The van der Waals surface area contributed by atoms with E-state index in [0.717, 1.165) is 11.4 Å². The predicted octanol–water partition coefficient (Wildman–Crippen LogP) is -0.901. The van der Waals surface area contributed by atoms with Crippen molar-refractivity contribution in [3.8, 4) is 0 Å². The zero-order chi connectivity index (χ0) is 17.0. The van der Waals surface area contributed by atoms with Gasteiger partial charge in [0.05, 0.1) is 24.9 Å². The van der Waals surface area contributed by atoms with Crippen molar-refractivity contribution in [2.45, 2.75) is 56.2 Å². The van der Waals surface area contributed by atoms with E-state index in [9.17, 15) is 14.6 Å². The second-order valence-corrected chi connectivity index (χ2v) is 9.98. The van der Waals surface area contributed by atoms with Crippen LogP contribution in [-0.4, -0.2) is 81.1 Å². The molecule has 2 heterocycles. The molecule has 0 aromatic carbocycles. The molecule has 23 heavy (non-hydrogen) atoms.